The van der Waals surface area contributed by atoms with Crippen molar-refractivity contribution < 1.29 is 14.3 Å². The summed E-state index contributed by atoms with van der Waals surface area (Å²) in [7, 11) is 1.88. The van der Waals surface area contributed by atoms with Crippen LogP contribution in [0.2, 0.25) is 0 Å². The SMILES string of the molecule is CN(CC1CCCC1)C(=O)NCCOC[C@H]1CCCO1. The van der Waals surface area contributed by atoms with E-state index >= 15 is 0 Å². The number of hydrogen-bond acceptors (Lipinski definition) is 3. The van der Waals surface area contributed by atoms with E-state index in [0.717, 1.165) is 26.0 Å². The van der Waals surface area contributed by atoms with Crippen molar-refractivity contribution in [3.63, 3.8) is 0 Å². The molecule has 5 heteroatoms. The molecule has 2 rings (SSSR count). The number of rotatable bonds is 7. The van der Waals surface area contributed by atoms with Crippen molar-refractivity contribution in [2.75, 3.05) is 40.0 Å². The molecule has 2 amide bonds. The van der Waals surface area contributed by atoms with Gasteiger partial charge in [0, 0.05) is 26.7 Å². The minimum atomic E-state index is 0.0117. The Labute approximate surface area is 122 Å². The van der Waals surface area contributed by atoms with Gasteiger partial charge < -0.3 is 19.7 Å². The second-order valence-corrected chi connectivity index (χ2v) is 5.97. The second-order valence-electron chi connectivity index (χ2n) is 5.97. The lowest BCUT2D eigenvalue weighted by molar-refractivity contribution is 0.0186. The minimum Gasteiger partial charge on any atom is -0.377 e. The molecule has 1 saturated carbocycles. The maximum absolute atomic E-state index is 11.9. The largest absolute Gasteiger partial charge is 0.377 e. The first-order chi connectivity index (χ1) is 9.75. The molecular formula is C15H28N2O3. The molecule has 0 aromatic rings. The molecule has 20 heavy (non-hydrogen) atoms. The number of carbonyl (C=O) groups excluding carboxylic acids is 1. The van der Waals surface area contributed by atoms with Crippen LogP contribution in [0.4, 0.5) is 4.79 Å². The van der Waals surface area contributed by atoms with Crippen LogP contribution in [-0.2, 0) is 9.47 Å². The zero-order valence-electron chi connectivity index (χ0n) is 12.6. The molecule has 0 radical (unpaired) electrons. The molecule has 116 valence electrons. The van der Waals surface area contributed by atoms with Gasteiger partial charge >= 0.3 is 6.03 Å². The molecule has 1 N–H and O–H groups in total. The summed E-state index contributed by atoms with van der Waals surface area (Å²) in [6.07, 6.45) is 7.65. The number of urea groups is 1. The van der Waals surface area contributed by atoms with E-state index in [1.54, 1.807) is 4.90 Å². The summed E-state index contributed by atoms with van der Waals surface area (Å²) in [5.41, 5.74) is 0. The highest BCUT2D eigenvalue weighted by atomic mass is 16.5. The summed E-state index contributed by atoms with van der Waals surface area (Å²) >= 11 is 0. The number of ether oxygens (including phenoxy) is 2. The Bertz CT molecular complexity index is 287. The van der Waals surface area contributed by atoms with Crippen LogP contribution in [0.15, 0.2) is 0 Å². The van der Waals surface area contributed by atoms with Gasteiger partial charge in [0.15, 0.2) is 0 Å². The van der Waals surface area contributed by atoms with Crippen LogP contribution in [0.1, 0.15) is 38.5 Å². The predicted molar refractivity (Wildman–Crippen MR) is 77.8 cm³/mol. The van der Waals surface area contributed by atoms with Gasteiger partial charge in [-0.3, -0.25) is 0 Å². The van der Waals surface area contributed by atoms with Gasteiger partial charge in [0.05, 0.1) is 19.3 Å². The Morgan fingerprint density at radius 1 is 1.30 bits per heavy atom. The highest BCUT2D eigenvalue weighted by Gasteiger charge is 2.19. The minimum absolute atomic E-state index is 0.0117. The molecule has 0 aromatic carbocycles. The third-order valence-corrected chi connectivity index (χ3v) is 4.20. The molecule has 1 atom stereocenters. The predicted octanol–water partition coefficient (Wildman–Crippen LogP) is 2.01. The van der Waals surface area contributed by atoms with E-state index < -0.39 is 0 Å². The van der Waals surface area contributed by atoms with Crippen LogP contribution in [0.3, 0.4) is 0 Å². The van der Waals surface area contributed by atoms with Crippen LogP contribution in [-0.4, -0.2) is 57.0 Å². The van der Waals surface area contributed by atoms with Crippen molar-refractivity contribution >= 4 is 6.03 Å². The number of nitrogens with zero attached hydrogens (tertiary/aromatic N) is 1. The lowest BCUT2D eigenvalue weighted by Gasteiger charge is -2.21. The van der Waals surface area contributed by atoms with Crippen LogP contribution < -0.4 is 5.32 Å². The third kappa shape index (κ3) is 5.29. The quantitative estimate of drug-likeness (QED) is 0.728. The van der Waals surface area contributed by atoms with Crippen molar-refractivity contribution in [2.24, 2.45) is 5.92 Å². The lowest BCUT2D eigenvalue weighted by Crippen LogP contribution is -2.41. The van der Waals surface area contributed by atoms with Crippen molar-refractivity contribution in [3.8, 4) is 0 Å². The average Bonchev–Trinajstić information content (AvgIpc) is 3.11. The Balaban J connectivity index is 1.48. The summed E-state index contributed by atoms with van der Waals surface area (Å²) in [5, 5.41) is 2.90. The van der Waals surface area contributed by atoms with Crippen LogP contribution in [0, 0.1) is 5.92 Å². The number of carbonyl (C=O) groups is 1. The molecule has 1 aliphatic carbocycles. The summed E-state index contributed by atoms with van der Waals surface area (Å²) in [4.78, 5) is 13.7. The van der Waals surface area contributed by atoms with Gasteiger partial charge in [-0.05, 0) is 31.6 Å². The van der Waals surface area contributed by atoms with Crippen molar-refractivity contribution in [1.82, 2.24) is 10.2 Å². The van der Waals surface area contributed by atoms with E-state index in [2.05, 4.69) is 5.32 Å². The van der Waals surface area contributed by atoms with Crippen molar-refractivity contribution in [1.29, 1.82) is 0 Å². The highest BCUT2D eigenvalue weighted by Crippen LogP contribution is 2.25. The van der Waals surface area contributed by atoms with E-state index in [0.29, 0.717) is 25.7 Å². The van der Waals surface area contributed by atoms with Crippen molar-refractivity contribution in [2.45, 2.75) is 44.6 Å². The summed E-state index contributed by atoms with van der Waals surface area (Å²) in [6, 6.07) is 0.0117. The van der Waals surface area contributed by atoms with Crippen LogP contribution in [0.5, 0.6) is 0 Å². The molecular weight excluding hydrogens is 256 g/mol. The van der Waals surface area contributed by atoms with Gasteiger partial charge in [-0.1, -0.05) is 12.8 Å². The van der Waals surface area contributed by atoms with E-state index in [9.17, 15) is 4.79 Å². The topological polar surface area (TPSA) is 50.8 Å². The third-order valence-electron chi connectivity index (χ3n) is 4.20. The number of amides is 2. The molecule has 0 aromatic heterocycles. The summed E-state index contributed by atoms with van der Waals surface area (Å²) < 4.78 is 11.0. The average molecular weight is 284 g/mol. The Kier molecular flexibility index (Phi) is 6.60. The van der Waals surface area contributed by atoms with E-state index in [4.69, 9.17) is 9.47 Å². The molecule has 0 bridgehead atoms. The van der Waals surface area contributed by atoms with Gasteiger partial charge in [0.25, 0.3) is 0 Å². The molecule has 2 fully saturated rings. The van der Waals surface area contributed by atoms with Gasteiger partial charge in [0.1, 0.15) is 0 Å². The van der Waals surface area contributed by atoms with Crippen molar-refractivity contribution in [3.05, 3.63) is 0 Å². The molecule has 2 aliphatic rings. The van der Waals surface area contributed by atoms with Crippen LogP contribution >= 0.6 is 0 Å². The molecule has 5 nitrogen and oxygen atoms in total. The van der Waals surface area contributed by atoms with Gasteiger partial charge in [-0.25, -0.2) is 4.79 Å². The maximum Gasteiger partial charge on any atom is 0.317 e. The molecule has 1 aliphatic heterocycles. The van der Waals surface area contributed by atoms with E-state index in [-0.39, 0.29) is 12.1 Å². The lowest BCUT2D eigenvalue weighted by atomic mass is 10.1. The standard InChI is InChI=1S/C15H28N2O3/c1-17(11-13-5-2-3-6-13)15(18)16-8-10-19-12-14-7-4-9-20-14/h13-14H,2-12H2,1H3,(H,16,18)/t14-/m1/s1. The Hall–Kier alpha value is -0.810. The maximum atomic E-state index is 11.9. The van der Waals surface area contributed by atoms with Gasteiger partial charge in [-0.15, -0.1) is 0 Å². The molecule has 0 unspecified atom stereocenters. The van der Waals surface area contributed by atoms with Gasteiger partial charge in [-0.2, -0.15) is 0 Å². The highest BCUT2D eigenvalue weighted by molar-refractivity contribution is 5.73. The van der Waals surface area contributed by atoms with E-state index in [1.807, 2.05) is 7.05 Å². The summed E-state index contributed by atoms with van der Waals surface area (Å²) in [5.74, 6) is 0.696. The fraction of sp³-hybridized carbons (Fsp3) is 0.933. The smallest absolute Gasteiger partial charge is 0.317 e. The zero-order chi connectivity index (χ0) is 14.2. The van der Waals surface area contributed by atoms with Gasteiger partial charge in [0.2, 0.25) is 0 Å². The second kappa shape index (κ2) is 8.47. The first kappa shape index (κ1) is 15.6. The fourth-order valence-corrected chi connectivity index (χ4v) is 3.02. The molecule has 1 saturated heterocycles. The molecule has 1 heterocycles. The van der Waals surface area contributed by atoms with Crippen LogP contribution in [0.25, 0.3) is 0 Å². The normalized spacial score (nSPS) is 23.1. The first-order valence-corrected chi connectivity index (χ1v) is 7.94. The first-order valence-electron chi connectivity index (χ1n) is 7.94. The Morgan fingerprint density at radius 2 is 2.10 bits per heavy atom. The monoisotopic (exact) mass is 284 g/mol. The summed E-state index contributed by atoms with van der Waals surface area (Å²) in [6.45, 7) is 3.51. The number of hydrogen-bond donors (Lipinski definition) is 1. The zero-order valence-corrected chi connectivity index (χ0v) is 12.6. The van der Waals surface area contributed by atoms with E-state index in [1.165, 1.54) is 25.7 Å². The fourth-order valence-electron chi connectivity index (χ4n) is 3.02. The Morgan fingerprint density at radius 3 is 2.80 bits per heavy atom. The molecule has 0 spiro atoms. The number of nitrogens with one attached hydrogen (secondary N) is 1.